The molecule has 0 aliphatic carbocycles. The smallest absolute Gasteiger partial charge is 0.240 e. The normalized spacial score (nSPS) is 18.2. The second kappa shape index (κ2) is 6.97. The van der Waals surface area contributed by atoms with E-state index in [0.717, 1.165) is 17.2 Å². The summed E-state index contributed by atoms with van der Waals surface area (Å²) in [6.45, 7) is 0.444. The molecule has 0 aromatic heterocycles. The van der Waals surface area contributed by atoms with E-state index < -0.39 is 0 Å². The zero-order chi connectivity index (χ0) is 12.3. The Balaban J connectivity index is 0.00000162. The quantitative estimate of drug-likeness (QED) is 0.922. The predicted molar refractivity (Wildman–Crippen MR) is 74.4 cm³/mol. The van der Waals surface area contributed by atoms with E-state index in [1.807, 2.05) is 6.07 Å². The number of nitrogens with zero attached hydrogens (tertiary/aromatic N) is 1. The third-order valence-corrected chi connectivity index (χ3v) is 3.64. The topological polar surface area (TPSA) is 32.3 Å². The molecular formula is C12H16ClFN2OS. The Hall–Kier alpha value is -0.780. The number of thioether (sulfide) groups is 1. The molecule has 2 rings (SSSR count). The summed E-state index contributed by atoms with van der Waals surface area (Å²) in [5.74, 6) is 1.44. The Bertz CT molecular complexity index is 413. The molecule has 100 valence electrons. The predicted octanol–water partition coefficient (Wildman–Crippen LogP) is 1.87. The fraction of sp³-hybridized carbons (Fsp3) is 0.417. The average Bonchev–Trinajstić information content (AvgIpc) is 2.81. The summed E-state index contributed by atoms with van der Waals surface area (Å²) in [7, 11) is 1.75. The fourth-order valence-electron chi connectivity index (χ4n) is 1.81. The van der Waals surface area contributed by atoms with Crippen LogP contribution in [0, 0.1) is 5.82 Å². The van der Waals surface area contributed by atoms with Gasteiger partial charge in [0.1, 0.15) is 5.82 Å². The number of amides is 1. The molecule has 1 saturated heterocycles. The molecule has 1 atom stereocenters. The van der Waals surface area contributed by atoms with Gasteiger partial charge in [-0.3, -0.25) is 10.1 Å². The molecule has 0 spiro atoms. The number of likely N-dealkylation sites (N-methyl/N-ethyl adjacent to an activating group) is 1. The lowest BCUT2D eigenvalue weighted by molar-refractivity contribution is -0.131. The molecule has 1 aliphatic rings. The largest absolute Gasteiger partial charge is 0.340 e. The highest BCUT2D eigenvalue weighted by Crippen LogP contribution is 2.13. The third kappa shape index (κ3) is 3.86. The number of benzene rings is 1. The number of hydrogen-bond acceptors (Lipinski definition) is 3. The van der Waals surface area contributed by atoms with E-state index in [0.29, 0.717) is 6.54 Å². The monoisotopic (exact) mass is 290 g/mol. The Morgan fingerprint density at radius 1 is 1.61 bits per heavy atom. The minimum atomic E-state index is -0.266. The van der Waals surface area contributed by atoms with Gasteiger partial charge in [0.05, 0.1) is 6.04 Å². The van der Waals surface area contributed by atoms with Crippen molar-refractivity contribution in [1.82, 2.24) is 10.2 Å². The van der Waals surface area contributed by atoms with Crippen molar-refractivity contribution in [2.24, 2.45) is 0 Å². The Labute approximate surface area is 117 Å². The molecule has 0 radical (unpaired) electrons. The van der Waals surface area contributed by atoms with E-state index in [4.69, 9.17) is 0 Å². The Morgan fingerprint density at radius 3 is 3.00 bits per heavy atom. The van der Waals surface area contributed by atoms with Crippen LogP contribution in [0.1, 0.15) is 5.56 Å². The minimum Gasteiger partial charge on any atom is -0.340 e. The van der Waals surface area contributed by atoms with E-state index in [2.05, 4.69) is 5.32 Å². The van der Waals surface area contributed by atoms with Crippen LogP contribution in [0.5, 0.6) is 0 Å². The second-order valence-corrected chi connectivity index (χ2v) is 5.13. The van der Waals surface area contributed by atoms with E-state index in [1.54, 1.807) is 29.8 Å². The maximum Gasteiger partial charge on any atom is 0.240 e. The number of nitrogens with one attached hydrogen (secondary N) is 1. The molecule has 1 N–H and O–H groups in total. The summed E-state index contributed by atoms with van der Waals surface area (Å²) in [6, 6.07) is 6.25. The molecule has 6 heteroatoms. The molecule has 18 heavy (non-hydrogen) atoms. The van der Waals surface area contributed by atoms with Gasteiger partial charge in [-0.05, 0) is 17.7 Å². The fourth-order valence-corrected chi connectivity index (χ4v) is 2.74. The van der Waals surface area contributed by atoms with Crippen molar-refractivity contribution in [2.75, 3.05) is 18.7 Å². The standard InChI is InChI=1S/C12H15FN2OS.ClH/c1-15(12(16)11-7-17-8-14-11)6-9-3-2-4-10(13)5-9;/h2-5,11,14H,6-8H2,1H3;1H. The minimum absolute atomic E-state index is 0. The molecule has 1 aromatic carbocycles. The molecule has 1 fully saturated rings. The maximum atomic E-state index is 13.0. The van der Waals surface area contributed by atoms with Crippen molar-refractivity contribution < 1.29 is 9.18 Å². The number of rotatable bonds is 3. The van der Waals surface area contributed by atoms with Crippen LogP contribution < -0.4 is 5.32 Å². The zero-order valence-corrected chi connectivity index (χ0v) is 11.7. The summed E-state index contributed by atoms with van der Waals surface area (Å²) in [4.78, 5) is 13.6. The van der Waals surface area contributed by atoms with Crippen molar-refractivity contribution in [2.45, 2.75) is 12.6 Å². The van der Waals surface area contributed by atoms with Gasteiger partial charge in [0.25, 0.3) is 0 Å². The van der Waals surface area contributed by atoms with Crippen LogP contribution in [0.3, 0.4) is 0 Å². The average molecular weight is 291 g/mol. The van der Waals surface area contributed by atoms with Crippen LogP contribution in [0.15, 0.2) is 24.3 Å². The van der Waals surface area contributed by atoms with Crippen molar-refractivity contribution in [3.8, 4) is 0 Å². The molecule has 3 nitrogen and oxygen atoms in total. The molecule has 0 bridgehead atoms. The number of hydrogen-bond donors (Lipinski definition) is 1. The van der Waals surface area contributed by atoms with Crippen LogP contribution in [0.25, 0.3) is 0 Å². The summed E-state index contributed by atoms with van der Waals surface area (Å²) >= 11 is 1.72. The molecular weight excluding hydrogens is 275 g/mol. The van der Waals surface area contributed by atoms with Gasteiger partial charge in [-0.25, -0.2) is 4.39 Å². The number of carbonyl (C=O) groups excluding carboxylic acids is 1. The second-order valence-electron chi connectivity index (χ2n) is 4.10. The lowest BCUT2D eigenvalue weighted by Gasteiger charge is -2.20. The van der Waals surface area contributed by atoms with Crippen LogP contribution in [-0.2, 0) is 11.3 Å². The van der Waals surface area contributed by atoms with Crippen LogP contribution in [0.2, 0.25) is 0 Å². The van der Waals surface area contributed by atoms with Gasteiger partial charge in [0.15, 0.2) is 0 Å². The first kappa shape index (κ1) is 15.3. The van der Waals surface area contributed by atoms with E-state index in [-0.39, 0.29) is 30.2 Å². The highest BCUT2D eigenvalue weighted by molar-refractivity contribution is 7.99. The van der Waals surface area contributed by atoms with Gasteiger partial charge in [0, 0.05) is 25.2 Å². The van der Waals surface area contributed by atoms with Crippen molar-refractivity contribution in [3.05, 3.63) is 35.6 Å². The van der Waals surface area contributed by atoms with Crippen LogP contribution in [-0.4, -0.2) is 35.5 Å². The van der Waals surface area contributed by atoms with Crippen molar-refractivity contribution >= 4 is 30.1 Å². The first-order valence-corrected chi connectivity index (χ1v) is 6.63. The van der Waals surface area contributed by atoms with E-state index >= 15 is 0 Å². The first-order chi connectivity index (χ1) is 8.16. The van der Waals surface area contributed by atoms with Gasteiger partial charge >= 0.3 is 0 Å². The van der Waals surface area contributed by atoms with Crippen molar-refractivity contribution in [1.29, 1.82) is 0 Å². The van der Waals surface area contributed by atoms with Gasteiger partial charge < -0.3 is 4.90 Å². The highest BCUT2D eigenvalue weighted by Gasteiger charge is 2.25. The lowest BCUT2D eigenvalue weighted by Crippen LogP contribution is -2.42. The molecule has 0 saturated carbocycles. The van der Waals surface area contributed by atoms with Crippen molar-refractivity contribution in [3.63, 3.8) is 0 Å². The maximum absolute atomic E-state index is 13.0. The van der Waals surface area contributed by atoms with Crippen LogP contribution in [0.4, 0.5) is 4.39 Å². The molecule has 1 unspecified atom stereocenters. The Kier molecular flexibility index (Phi) is 5.91. The number of carbonyl (C=O) groups is 1. The van der Waals surface area contributed by atoms with E-state index in [1.165, 1.54) is 12.1 Å². The summed E-state index contributed by atoms with van der Waals surface area (Å²) < 4.78 is 13.0. The molecule has 1 aliphatic heterocycles. The lowest BCUT2D eigenvalue weighted by atomic mass is 10.2. The Morgan fingerprint density at radius 2 is 2.39 bits per heavy atom. The summed E-state index contributed by atoms with van der Waals surface area (Å²) in [6.07, 6.45) is 0. The third-order valence-electron chi connectivity index (χ3n) is 2.70. The molecule has 1 amide bonds. The summed E-state index contributed by atoms with van der Waals surface area (Å²) in [5.41, 5.74) is 0.812. The highest BCUT2D eigenvalue weighted by atomic mass is 35.5. The number of halogens is 2. The van der Waals surface area contributed by atoms with Gasteiger partial charge in [-0.1, -0.05) is 12.1 Å². The first-order valence-electron chi connectivity index (χ1n) is 5.47. The van der Waals surface area contributed by atoms with Gasteiger partial charge in [-0.15, -0.1) is 24.2 Å². The molecule has 1 aromatic rings. The molecule has 1 heterocycles. The van der Waals surface area contributed by atoms with Crippen LogP contribution >= 0.6 is 24.2 Å². The van der Waals surface area contributed by atoms with E-state index in [9.17, 15) is 9.18 Å². The van der Waals surface area contributed by atoms with Gasteiger partial charge in [0.2, 0.25) is 5.91 Å². The summed E-state index contributed by atoms with van der Waals surface area (Å²) in [5, 5.41) is 3.13. The van der Waals surface area contributed by atoms with Gasteiger partial charge in [-0.2, -0.15) is 0 Å². The SMILES string of the molecule is CN(Cc1cccc(F)c1)C(=O)C1CSCN1.Cl. The zero-order valence-electron chi connectivity index (χ0n) is 10.1.